The number of fused-ring (bicyclic) bond motifs is 1. The lowest BCUT2D eigenvalue weighted by atomic mass is 10.2. The quantitative estimate of drug-likeness (QED) is 0.549. The fourth-order valence-corrected chi connectivity index (χ4v) is 3.63. The molecule has 2 N–H and O–H groups in total. The number of sulfonamides is 1. The Hall–Kier alpha value is -4.04. The van der Waals surface area contributed by atoms with Crippen LogP contribution >= 0.6 is 0 Å². The van der Waals surface area contributed by atoms with E-state index >= 15 is 0 Å². The molecule has 0 aliphatic carbocycles. The number of methoxy groups -OCH3 is 1. The fraction of sp³-hybridized carbons (Fsp3) is 0.190. The molecule has 164 valence electrons. The first-order valence-corrected chi connectivity index (χ1v) is 11.4. The number of nitrogens with zero attached hydrogens (tertiary/aromatic N) is 4. The van der Waals surface area contributed by atoms with Gasteiger partial charge in [0.2, 0.25) is 15.9 Å². The maximum atomic E-state index is 11.7. The SMILES string of the molecule is CCOC1=NC(c2nc3ccc(NS(C)(=O)=O)nc3n2-c2c(O)cccc2OC)=C=C=C1. The van der Waals surface area contributed by atoms with Crippen LogP contribution in [0.3, 0.4) is 0 Å². The van der Waals surface area contributed by atoms with E-state index in [0.717, 1.165) is 6.26 Å². The van der Waals surface area contributed by atoms with Crippen LogP contribution in [0.25, 0.3) is 22.5 Å². The van der Waals surface area contributed by atoms with E-state index in [-0.39, 0.29) is 34.4 Å². The lowest BCUT2D eigenvalue weighted by molar-refractivity contribution is 0.330. The van der Waals surface area contributed by atoms with E-state index in [9.17, 15) is 13.5 Å². The van der Waals surface area contributed by atoms with Gasteiger partial charge in [0.1, 0.15) is 28.5 Å². The summed E-state index contributed by atoms with van der Waals surface area (Å²) < 4.78 is 38.2. The number of aromatic nitrogens is 3. The molecule has 0 atom stereocenters. The zero-order valence-electron chi connectivity index (χ0n) is 17.4. The zero-order chi connectivity index (χ0) is 22.9. The summed E-state index contributed by atoms with van der Waals surface area (Å²) in [6.45, 7) is 2.25. The van der Waals surface area contributed by atoms with E-state index in [1.165, 1.54) is 23.8 Å². The summed E-state index contributed by atoms with van der Waals surface area (Å²) >= 11 is 0. The second kappa shape index (κ2) is 8.24. The van der Waals surface area contributed by atoms with Crippen molar-refractivity contribution in [1.29, 1.82) is 0 Å². The highest BCUT2D eigenvalue weighted by molar-refractivity contribution is 7.92. The number of nitrogens with one attached hydrogen (secondary N) is 1. The van der Waals surface area contributed by atoms with Crippen LogP contribution in [0.5, 0.6) is 11.5 Å². The Labute approximate surface area is 183 Å². The van der Waals surface area contributed by atoms with E-state index < -0.39 is 10.0 Å². The average molecular weight is 453 g/mol. The van der Waals surface area contributed by atoms with E-state index in [2.05, 4.69) is 31.1 Å². The van der Waals surface area contributed by atoms with Crippen LogP contribution in [-0.2, 0) is 14.8 Å². The van der Waals surface area contributed by atoms with Crippen molar-refractivity contribution in [2.75, 3.05) is 24.7 Å². The third-order valence-electron chi connectivity index (χ3n) is 4.33. The van der Waals surface area contributed by atoms with Crippen LogP contribution in [0, 0.1) is 0 Å². The molecular formula is C21H19N5O5S. The van der Waals surface area contributed by atoms with Gasteiger partial charge in [-0.25, -0.2) is 23.4 Å². The molecule has 0 amide bonds. The minimum absolute atomic E-state index is 0.0913. The van der Waals surface area contributed by atoms with Gasteiger partial charge in [-0.1, -0.05) is 11.8 Å². The van der Waals surface area contributed by atoms with Gasteiger partial charge in [0.25, 0.3) is 0 Å². The number of ether oxygens (including phenoxy) is 2. The van der Waals surface area contributed by atoms with Crippen LogP contribution in [0.1, 0.15) is 12.7 Å². The molecule has 4 rings (SSSR count). The molecular weight excluding hydrogens is 434 g/mol. The van der Waals surface area contributed by atoms with Gasteiger partial charge < -0.3 is 14.6 Å². The molecule has 32 heavy (non-hydrogen) atoms. The van der Waals surface area contributed by atoms with Crippen LogP contribution in [0.15, 0.2) is 52.9 Å². The van der Waals surface area contributed by atoms with Gasteiger partial charge in [-0.05, 0) is 36.9 Å². The first kappa shape index (κ1) is 21.2. The maximum Gasteiger partial charge on any atom is 0.230 e. The summed E-state index contributed by atoms with van der Waals surface area (Å²) in [5, 5.41) is 10.7. The third kappa shape index (κ3) is 4.08. The number of phenols is 1. The van der Waals surface area contributed by atoms with Crippen LogP contribution in [0.2, 0.25) is 0 Å². The van der Waals surface area contributed by atoms with Gasteiger partial charge in [-0.2, -0.15) is 0 Å². The van der Waals surface area contributed by atoms with Crippen molar-refractivity contribution in [2.24, 2.45) is 4.99 Å². The molecule has 0 saturated heterocycles. The Morgan fingerprint density at radius 3 is 2.75 bits per heavy atom. The van der Waals surface area contributed by atoms with Gasteiger partial charge >= 0.3 is 0 Å². The molecule has 1 aromatic carbocycles. The largest absolute Gasteiger partial charge is 0.506 e. The normalized spacial score (nSPS) is 13.1. The molecule has 0 saturated carbocycles. The number of anilines is 1. The molecule has 1 aliphatic rings. The highest BCUT2D eigenvalue weighted by atomic mass is 32.2. The lowest BCUT2D eigenvalue weighted by Crippen LogP contribution is -2.11. The van der Waals surface area contributed by atoms with Crippen LogP contribution in [0.4, 0.5) is 5.82 Å². The highest BCUT2D eigenvalue weighted by Crippen LogP contribution is 2.37. The van der Waals surface area contributed by atoms with Crippen molar-refractivity contribution < 1.29 is 23.0 Å². The molecule has 1 aliphatic heterocycles. The topological polar surface area (TPSA) is 128 Å². The molecule has 11 heteroatoms. The molecule has 0 bridgehead atoms. The van der Waals surface area contributed by atoms with E-state index in [1.54, 1.807) is 24.3 Å². The number of rotatable bonds is 6. The first-order chi connectivity index (χ1) is 15.3. The standard InChI is InChI=1S/C21H19N5O5S/c1-4-31-18-10-5-7-13(22-18)20-23-14-11-12-17(25-32(3,28)29)24-21(14)26(20)19-15(27)8-6-9-16(19)30-2/h6,8-12,27H,4H2,1-3H3,(H,24,25). The number of aromatic hydroxyl groups is 1. The van der Waals surface area contributed by atoms with Crippen molar-refractivity contribution in [3.8, 4) is 17.2 Å². The van der Waals surface area contributed by atoms with Crippen molar-refractivity contribution in [2.45, 2.75) is 6.92 Å². The van der Waals surface area contributed by atoms with E-state index in [1.807, 2.05) is 6.92 Å². The summed E-state index contributed by atoms with van der Waals surface area (Å²) in [6, 6.07) is 7.90. The monoisotopic (exact) mass is 453 g/mol. The molecule has 2 aromatic heterocycles. The second-order valence-corrected chi connectivity index (χ2v) is 8.41. The highest BCUT2D eigenvalue weighted by Gasteiger charge is 2.24. The number of hydrogen-bond acceptors (Lipinski definition) is 8. The Kier molecular flexibility index (Phi) is 5.46. The Bertz CT molecular complexity index is 1460. The van der Waals surface area contributed by atoms with Crippen molar-refractivity contribution in [3.63, 3.8) is 0 Å². The predicted molar refractivity (Wildman–Crippen MR) is 120 cm³/mol. The summed E-state index contributed by atoms with van der Waals surface area (Å²) in [6.07, 6.45) is 2.58. The molecule has 0 fully saturated rings. The number of hydrogen-bond donors (Lipinski definition) is 2. The van der Waals surface area contributed by atoms with Gasteiger partial charge in [0.15, 0.2) is 17.2 Å². The Balaban J connectivity index is 2.04. The van der Waals surface area contributed by atoms with Gasteiger partial charge in [-0.15, -0.1) is 0 Å². The van der Waals surface area contributed by atoms with Gasteiger partial charge in [0.05, 0.1) is 26.0 Å². The number of benzene rings is 1. The minimum atomic E-state index is -3.56. The van der Waals surface area contributed by atoms with Gasteiger partial charge in [0, 0.05) is 0 Å². The number of aliphatic imine (C=N–C) groups is 1. The zero-order valence-corrected chi connectivity index (χ0v) is 18.3. The number of phenolic OH excluding ortho intramolecular Hbond substituents is 1. The smallest absolute Gasteiger partial charge is 0.230 e. The summed E-state index contributed by atoms with van der Waals surface area (Å²) in [4.78, 5) is 13.4. The summed E-state index contributed by atoms with van der Waals surface area (Å²) in [7, 11) is -2.09. The molecule has 3 aromatic rings. The number of pyridine rings is 1. The van der Waals surface area contributed by atoms with E-state index in [4.69, 9.17) is 9.47 Å². The van der Waals surface area contributed by atoms with Crippen LogP contribution in [-0.4, -0.2) is 53.9 Å². The number of para-hydroxylation sites is 1. The molecule has 10 nitrogen and oxygen atoms in total. The van der Waals surface area contributed by atoms with Crippen molar-refractivity contribution >= 4 is 38.6 Å². The average Bonchev–Trinajstić information content (AvgIpc) is 3.11. The van der Waals surface area contributed by atoms with Gasteiger partial charge in [-0.3, -0.25) is 9.29 Å². The second-order valence-electron chi connectivity index (χ2n) is 6.66. The van der Waals surface area contributed by atoms with Crippen LogP contribution < -0.4 is 9.46 Å². The van der Waals surface area contributed by atoms with E-state index in [0.29, 0.717) is 23.8 Å². The Morgan fingerprint density at radius 1 is 1.22 bits per heavy atom. The Morgan fingerprint density at radius 2 is 2.03 bits per heavy atom. The summed E-state index contributed by atoms with van der Waals surface area (Å²) in [5.41, 5.74) is 7.00. The molecule has 0 radical (unpaired) electrons. The maximum absolute atomic E-state index is 11.7. The molecule has 3 heterocycles. The van der Waals surface area contributed by atoms with Crippen molar-refractivity contribution in [1.82, 2.24) is 14.5 Å². The fourth-order valence-electron chi connectivity index (χ4n) is 3.14. The first-order valence-electron chi connectivity index (χ1n) is 9.48. The summed E-state index contributed by atoms with van der Waals surface area (Å²) in [5.74, 6) is 0.948. The van der Waals surface area contributed by atoms with Crippen molar-refractivity contribution in [3.05, 3.63) is 53.7 Å². The molecule has 0 spiro atoms. The lowest BCUT2D eigenvalue weighted by Gasteiger charge is -2.15. The third-order valence-corrected chi connectivity index (χ3v) is 4.91. The molecule has 0 unspecified atom stereocenters. The minimum Gasteiger partial charge on any atom is -0.506 e. The number of imidazole rings is 1. The predicted octanol–water partition coefficient (Wildman–Crippen LogP) is 2.61.